The van der Waals surface area contributed by atoms with Gasteiger partial charge in [-0.05, 0) is 44.7 Å². The van der Waals surface area contributed by atoms with Crippen molar-refractivity contribution in [1.29, 1.82) is 0 Å². The van der Waals surface area contributed by atoms with E-state index in [2.05, 4.69) is 25.4 Å². The van der Waals surface area contributed by atoms with Crippen LogP contribution in [0.3, 0.4) is 0 Å². The molecule has 8 nitrogen and oxygen atoms in total. The number of alkyl halides is 2. The number of hydrogen-bond donors (Lipinski definition) is 1. The summed E-state index contributed by atoms with van der Waals surface area (Å²) in [4.78, 5) is 13.6. The third-order valence-corrected chi connectivity index (χ3v) is 7.23. The van der Waals surface area contributed by atoms with Crippen LogP contribution in [0.5, 0.6) is 0 Å². The highest BCUT2D eigenvalue weighted by atomic mass is 19.3. The maximum atomic E-state index is 13.5. The van der Waals surface area contributed by atoms with Crippen LogP contribution >= 0.6 is 0 Å². The fourth-order valence-electron chi connectivity index (χ4n) is 5.35. The zero-order valence-corrected chi connectivity index (χ0v) is 19.2. The number of rotatable bonds is 5. The van der Waals surface area contributed by atoms with Gasteiger partial charge in [0.2, 0.25) is 5.95 Å². The number of aromatic nitrogens is 6. The maximum absolute atomic E-state index is 13.5. The number of nitrogens with zero attached hydrogens (tertiary/aromatic N) is 6. The molecule has 2 aliphatic rings. The Hall–Kier alpha value is -3.14. The van der Waals surface area contributed by atoms with E-state index in [1.54, 1.807) is 13.3 Å². The molecule has 1 N–H and O–H groups in total. The average molecular weight is 468 g/mol. The zero-order chi connectivity index (χ0) is 23.4. The van der Waals surface area contributed by atoms with E-state index < -0.39 is 5.92 Å². The molecule has 2 saturated carbocycles. The molecular formula is C24H27F2N7O. The summed E-state index contributed by atoms with van der Waals surface area (Å²) in [6.45, 7) is 1.84. The molecule has 0 saturated heterocycles. The van der Waals surface area contributed by atoms with E-state index >= 15 is 0 Å². The highest BCUT2D eigenvalue weighted by Gasteiger charge is 2.47. The number of ether oxygens (including phenoxy) is 1. The summed E-state index contributed by atoms with van der Waals surface area (Å²) in [5, 5.41) is 8.10. The fourth-order valence-corrected chi connectivity index (χ4v) is 5.35. The highest BCUT2D eigenvalue weighted by Crippen LogP contribution is 2.47. The van der Waals surface area contributed by atoms with Gasteiger partial charge in [0.1, 0.15) is 5.82 Å². The lowest BCUT2D eigenvalue weighted by Crippen LogP contribution is -2.37. The van der Waals surface area contributed by atoms with Crippen molar-refractivity contribution >= 4 is 22.6 Å². The Morgan fingerprint density at radius 3 is 2.62 bits per heavy atom. The van der Waals surface area contributed by atoms with Crippen LogP contribution in [0.2, 0.25) is 0 Å². The highest BCUT2D eigenvalue weighted by molar-refractivity contribution is 5.85. The van der Waals surface area contributed by atoms with E-state index in [0.29, 0.717) is 29.6 Å². The van der Waals surface area contributed by atoms with Gasteiger partial charge in [0.15, 0.2) is 5.65 Å². The molecule has 6 rings (SSSR count). The van der Waals surface area contributed by atoms with Gasteiger partial charge in [0.25, 0.3) is 5.92 Å². The van der Waals surface area contributed by atoms with E-state index in [4.69, 9.17) is 4.74 Å². The van der Waals surface area contributed by atoms with E-state index in [-0.39, 0.29) is 18.9 Å². The molecule has 0 radical (unpaired) electrons. The topological polar surface area (TPSA) is 82.2 Å². The van der Waals surface area contributed by atoms with Crippen molar-refractivity contribution in [3.8, 4) is 11.1 Å². The van der Waals surface area contributed by atoms with Crippen molar-refractivity contribution in [1.82, 2.24) is 29.1 Å². The molecule has 34 heavy (non-hydrogen) atoms. The molecule has 0 atom stereocenters. The lowest BCUT2D eigenvalue weighted by Gasteiger charge is -2.36. The van der Waals surface area contributed by atoms with Crippen LogP contribution in [0, 0.1) is 6.92 Å². The van der Waals surface area contributed by atoms with E-state index in [1.165, 1.54) is 0 Å². The van der Waals surface area contributed by atoms with Gasteiger partial charge in [-0.3, -0.25) is 0 Å². The van der Waals surface area contributed by atoms with Crippen LogP contribution in [0.15, 0.2) is 30.7 Å². The molecule has 2 fully saturated rings. The van der Waals surface area contributed by atoms with Crippen LogP contribution in [-0.4, -0.2) is 54.3 Å². The van der Waals surface area contributed by atoms with E-state index in [9.17, 15) is 8.78 Å². The van der Waals surface area contributed by atoms with Gasteiger partial charge in [-0.15, -0.1) is 5.10 Å². The zero-order valence-electron chi connectivity index (χ0n) is 19.2. The summed E-state index contributed by atoms with van der Waals surface area (Å²) in [5.41, 5.74) is 4.02. The van der Waals surface area contributed by atoms with Crippen molar-refractivity contribution in [3.63, 3.8) is 0 Å². The number of halogens is 2. The average Bonchev–Trinajstić information content (AvgIpc) is 3.37. The summed E-state index contributed by atoms with van der Waals surface area (Å²) in [7, 11) is 1.77. The number of methoxy groups -OCH3 is 1. The number of nitrogens with one attached hydrogen (secondary N) is 1. The van der Waals surface area contributed by atoms with Crippen molar-refractivity contribution in [2.45, 2.75) is 69.6 Å². The number of aryl methyl sites for hydroxylation is 1. The second kappa shape index (κ2) is 7.97. The molecule has 10 heteroatoms. The first-order valence-corrected chi connectivity index (χ1v) is 11.8. The third-order valence-electron chi connectivity index (χ3n) is 7.23. The van der Waals surface area contributed by atoms with Gasteiger partial charge in [-0.25, -0.2) is 28.2 Å². The fraction of sp³-hybridized carbons (Fsp3) is 0.500. The predicted molar refractivity (Wildman–Crippen MR) is 124 cm³/mol. The van der Waals surface area contributed by atoms with Gasteiger partial charge in [-0.1, -0.05) is 0 Å². The standard InChI is InChI=1S/C24H27F2N7O/c1-14-29-22-20(33(14)17-10-24(25,26)11-17)9-15(12-27-22)19-7-8-32-21(19)13-28-23(31-32)30-16-3-5-18(34-2)6-4-16/h7-9,12-13,16-18H,3-6,10-11H2,1-2H3,(H,30,31). The largest absolute Gasteiger partial charge is 0.381 e. The molecule has 4 aromatic heterocycles. The van der Waals surface area contributed by atoms with Crippen LogP contribution < -0.4 is 5.32 Å². The van der Waals surface area contributed by atoms with Crippen LogP contribution in [0.4, 0.5) is 14.7 Å². The lowest BCUT2D eigenvalue weighted by atomic mass is 9.87. The normalized spacial score (nSPS) is 22.8. The quantitative estimate of drug-likeness (QED) is 0.455. The first-order valence-electron chi connectivity index (χ1n) is 11.8. The number of fused-ring (bicyclic) bond motifs is 2. The van der Waals surface area contributed by atoms with Gasteiger partial charge >= 0.3 is 0 Å². The molecule has 178 valence electrons. The smallest absolute Gasteiger partial charge is 0.252 e. The van der Waals surface area contributed by atoms with Gasteiger partial charge < -0.3 is 14.6 Å². The molecule has 2 aliphatic carbocycles. The molecular weight excluding hydrogens is 440 g/mol. The minimum absolute atomic E-state index is 0.157. The summed E-state index contributed by atoms with van der Waals surface area (Å²) in [6, 6.07) is 4.05. The maximum Gasteiger partial charge on any atom is 0.252 e. The number of pyridine rings is 1. The van der Waals surface area contributed by atoms with Gasteiger partial charge in [0, 0.05) is 55.6 Å². The van der Waals surface area contributed by atoms with Crippen LogP contribution in [0.25, 0.3) is 27.8 Å². The molecule has 0 spiro atoms. The Balaban J connectivity index is 1.28. The summed E-state index contributed by atoms with van der Waals surface area (Å²) < 4.78 is 36.2. The Labute approximate surface area is 195 Å². The van der Waals surface area contributed by atoms with Crippen LogP contribution in [-0.2, 0) is 4.74 Å². The summed E-state index contributed by atoms with van der Waals surface area (Å²) in [6.07, 6.45) is 9.64. The van der Waals surface area contributed by atoms with Crippen LogP contribution in [0.1, 0.15) is 50.4 Å². The second-order valence-corrected chi connectivity index (χ2v) is 9.51. The molecule has 4 heterocycles. The molecule has 0 bridgehead atoms. The van der Waals surface area contributed by atoms with Crippen molar-refractivity contribution in [2.75, 3.05) is 12.4 Å². The minimum Gasteiger partial charge on any atom is -0.381 e. The number of imidazole rings is 1. The third kappa shape index (κ3) is 3.70. The van der Waals surface area contributed by atoms with E-state index in [0.717, 1.165) is 47.8 Å². The van der Waals surface area contributed by atoms with Gasteiger partial charge in [-0.2, -0.15) is 0 Å². The minimum atomic E-state index is -2.59. The molecule has 0 unspecified atom stereocenters. The van der Waals surface area contributed by atoms with Crippen molar-refractivity contribution in [2.24, 2.45) is 0 Å². The predicted octanol–water partition coefficient (Wildman–Crippen LogP) is 4.79. The molecule has 0 aromatic carbocycles. The SMILES string of the molecule is COC1CCC(Nc2ncc3c(-c4cnc5nc(C)n(C6CC(F)(F)C6)c5c4)ccn3n2)CC1. The summed E-state index contributed by atoms with van der Waals surface area (Å²) >= 11 is 0. The first-order chi connectivity index (χ1) is 16.4. The van der Waals surface area contributed by atoms with E-state index in [1.807, 2.05) is 40.5 Å². The Bertz CT molecular complexity index is 1350. The number of hydrogen-bond acceptors (Lipinski definition) is 6. The first kappa shape index (κ1) is 21.4. The Morgan fingerprint density at radius 1 is 1.09 bits per heavy atom. The summed E-state index contributed by atoms with van der Waals surface area (Å²) in [5.74, 6) is -1.28. The molecule has 0 aliphatic heterocycles. The number of anilines is 1. The Kier molecular flexibility index (Phi) is 5.02. The van der Waals surface area contributed by atoms with Crippen molar-refractivity contribution < 1.29 is 13.5 Å². The van der Waals surface area contributed by atoms with Gasteiger partial charge in [0.05, 0.1) is 23.3 Å². The second-order valence-electron chi connectivity index (χ2n) is 9.51. The lowest BCUT2D eigenvalue weighted by molar-refractivity contribution is -0.103. The molecule has 4 aromatic rings. The van der Waals surface area contributed by atoms with Crippen molar-refractivity contribution in [3.05, 3.63) is 36.5 Å². The monoisotopic (exact) mass is 467 g/mol. The molecule has 0 amide bonds. The Morgan fingerprint density at radius 2 is 1.88 bits per heavy atom.